The van der Waals surface area contributed by atoms with E-state index in [2.05, 4.69) is 15.6 Å². The molecule has 0 bridgehead atoms. The van der Waals surface area contributed by atoms with Gasteiger partial charge in [-0.1, -0.05) is 24.3 Å². The first kappa shape index (κ1) is 23.3. The number of nitrogens with zero attached hydrogens (tertiary/aromatic N) is 2. The molecule has 7 heteroatoms. The summed E-state index contributed by atoms with van der Waals surface area (Å²) in [6.07, 6.45) is 0.694. The second-order valence-electron chi connectivity index (χ2n) is 6.29. The van der Waals surface area contributed by atoms with Crippen molar-refractivity contribution in [2.75, 3.05) is 34.2 Å². The quantitative estimate of drug-likeness (QED) is 0.356. The number of hydrogen-bond donors (Lipinski definition) is 2. The Labute approximate surface area is 177 Å². The number of likely N-dealkylation sites (N-methyl/N-ethyl adjacent to an activating group) is 1. The van der Waals surface area contributed by atoms with Gasteiger partial charge in [0.1, 0.15) is 11.6 Å². The highest BCUT2D eigenvalue weighted by molar-refractivity contribution is 14.0. The molecule has 27 heavy (non-hydrogen) atoms. The van der Waals surface area contributed by atoms with Crippen LogP contribution in [-0.4, -0.2) is 45.1 Å². The minimum atomic E-state index is -0.244. The Morgan fingerprint density at radius 3 is 2.30 bits per heavy atom. The van der Waals surface area contributed by atoms with Crippen molar-refractivity contribution in [3.8, 4) is 0 Å². The molecule has 1 unspecified atom stereocenters. The van der Waals surface area contributed by atoms with Gasteiger partial charge in [-0.05, 0) is 55.9 Å². The maximum Gasteiger partial charge on any atom is 0.191 e. The van der Waals surface area contributed by atoms with Crippen LogP contribution in [0.25, 0.3) is 0 Å². The largest absolute Gasteiger partial charge is 0.356 e. The van der Waals surface area contributed by atoms with Crippen molar-refractivity contribution >= 4 is 29.9 Å². The van der Waals surface area contributed by atoms with Crippen molar-refractivity contribution in [1.29, 1.82) is 0 Å². The van der Waals surface area contributed by atoms with Gasteiger partial charge in [0.2, 0.25) is 0 Å². The van der Waals surface area contributed by atoms with Crippen molar-refractivity contribution in [2.45, 2.75) is 12.5 Å². The lowest BCUT2D eigenvalue weighted by atomic mass is 10.1. The van der Waals surface area contributed by atoms with E-state index in [9.17, 15) is 8.78 Å². The number of rotatable bonds is 7. The van der Waals surface area contributed by atoms with Gasteiger partial charge < -0.3 is 15.5 Å². The van der Waals surface area contributed by atoms with E-state index in [0.717, 1.165) is 11.1 Å². The van der Waals surface area contributed by atoms with Crippen molar-refractivity contribution < 1.29 is 8.78 Å². The monoisotopic (exact) mass is 488 g/mol. The minimum absolute atomic E-state index is 0. The van der Waals surface area contributed by atoms with Gasteiger partial charge in [-0.2, -0.15) is 0 Å². The van der Waals surface area contributed by atoms with Crippen LogP contribution in [0.5, 0.6) is 0 Å². The van der Waals surface area contributed by atoms with Crippen molar-refractivity contribution in [3.63, 3.8) is 0 Å². The zero-order valence-corrected chi connectivity index (χ0v) is 18.2. The summed E-state index contributed by atoms with van der Waals surface area (Å²) in [6.45, 7) is 1.21. The van der Waals surface area contributed by atoms with Crippen LogP contribution in [0.1, 0.15) is 17.2 Å². The Morgan fingerprint density at radius 1 is 1.04 bits per heavy atom. The third kappa shape index (κ3) is 7.80. The molecule has 1 atom stereocenters. The Kier molecular flexibility index (Phi) is 10.2. The summed E-state index contributed by atoms with van der Waals surface area (Å²) in [6, 6.07) is 13.2. The van der Waals surface area contributed by atoms with Crippen LogP contribution in [0, 0.1) is 11.6 Å². The molecule has 0 aromatic heterocycles. The standard InChI is InChI=1S/C20H26F2N4.HI/c1-23-20(24-11-10-15-6-4-8-17(21)12-15)25-14-19(26(2)3)16-7-5-9-18(22)13-16;/h4-9,12-13,19H,10-11,14H2,1-3H3,(H2,23,24,25);1H. The fraction of sp³-hybridized carbons (Fsp3) is 0.350. The summed E-state index contributed by atoms with van der Waals surface area (Å²) < 4.78 is 26.7. The molecule has 2 N–H and O–H groups in total. The summed E-state index contributed by atoms with van der Waals surface area (Å²) in [4.78, 5) is 6.24. The maximum absolute atomic E-state index is 13.5. The molecule has 0 fully saturated rings. The van der Waals surface area contributed by atoms with Crippen LogP contribution < -0.4 is 10.6 Å². The lowest BCUT2D eigenvalue weighted by Gasteiger charge is -2.26. The number of benzene rings is 2. The Morgan fingerprint density at radius 2 is 1.70 bits per heavy atom. The summed E-state index contributed by atoms with van der Waals surface area (Å²) in [5.74, 6) is 0.186. The van der Waals surface area contributed by atoms with Gasteiger partial charge >= 0.3 is 0 Å². The van der Waals surface area contributed by atoms with Gasteiger partial charge in [0, 0.05) is 20.1 Å². The first-order valence-corrected chi connectivity index (χ1v) is 8.60. The van der Waals surface area contributed by atoms with Gasteiger partial charge in [0.05, 0.1) is 6.04 Å². The van der Waals surface area contributed by atoms with Crippen LogP contribution in [0.3, 0.4) is 0 Å². The van der Waals surface area contributed by atoms with Gasteiger partial charge in [-0.25, -0.2) is 8.78 Å². The highest BCUT2D eigenvalue weighted by Gasteiger charge is 2.15. The topological polar surface area (TPSA) is 39.7 Å². The predicted octanol–water partition coefficient (Wildman–Crippen LogP) is 3.59. The lowest BCUT2D eigenvalue weighted by molar-refractivity contribution is 0.297. The van der Waals surface area contributed by atoms with Crippen LogP contribution in [-0.2, 0) is 6.42 Å². The summed E-state index contributed by atoms with van der Waals surface area (Å²) in [5, 5.41) is 6.49. The fourth-order valence-corrected chi connectivity index (χ4v) is 2.74. The molecule has 2 aromatic rings. The molecule has 2 aromatic carbocycles. The summed E-state index contributed by atoms with van der Waals surface area (Å²) in [7, 11) is 5.61. The van der Waals surface area contributed by atoms with Crippen molar-refractivity contribution in [2.24, 2.45) is 4.99 Å². The molecule has 0 radical (unpaired) electrons. The number of nitrogens with one attached hydrogen (secondary N) is 2. The zero-order valence-electron chi connectivity index (χ0n) is 15.9. The molecule has 0 saturated carbocycles. The molecule has 0 saturated heterocycles. The molecule has 0 amide bonds. The van der Waals surface area contributed by atoms with Gasteiger partial charge in [-0.15, -0.1) is 24.0 Å². The number of guanidine groups is 1. The van der Waals surface area contributed by atoms with Gasteiger partial charge in [0.25, 0.3) is 0 Å². The van der Waals surface area contributed by atoms with E-state index in [1.165, 1.54) is 18.2 Å². The van der Waals surface area contributed by atoms with E-state index in [-0.39, 0.29) is 41.7 Å². The third-order valence-electron chi connectivity index (χ3n) is 4.14. The molecule has 0 aliphatic rings. The molecular weight excluding hydrogens is 461 g/mol. The SMILES string of the molecule is CN=C(NCCc1cccc(F)c1)NCC(c1cccc(F)c1)N(C)C.I. The van der Waals surface area contributed by atoms with Crippen molar-refractivity contribution in [1.82, 2.24) is 15.5 Å². The van der Waals surface area contributed by atoms with Crippen LogP contribution in [0.4, 0.5) is 8.78 Å². The zero-order chi connectivity index (χ0) is 18.9. The third-order valence-corrected chi connectivity index (χ3v) is 4.14. The average Bonchev–Trinajstić information content (AvgIpc) is 2.60. The highest BCUT2D eigenvalue weighted by Crippen LogP contribution is 2.18. The van der Waals surface area contributed by atoms with E-state index in [0.29, 0.717) is 25.5 Å². The van der Waals surface area contributed by atoms with Gasteiger partial charge in [-0.3, -0.25) is 4.99 Å². The van der Waals surface area contributed by atoms with E-state index in [1.54, 1.807) is 25.2 Å². The van der Waals surface area contributed by atoms with Crippen LogP contribution in [0.15, 0.2) is 53.5 Å². The van der Waals surface area contributed by atoms with Crippen LogP contribution >= 0.6 is 24.0 Å². The first-order valence-electron chi connectivity index (χ1n) is 8.60. The van der Waals surface area contributed by atoms with E-state index in [1.807, 2.05) is 31.1 Å². The first-order chi connectivity index (χ1) is 12.5. The fourth-order valence-electron chi connectivity index (χ4n) is 2.74. The second-order valence-corrected chi connectivity index (χ2v) is 6.29. The normalized spacial score (nSPS) is 12.4. The van der Waals surface area contributed by atoms with Crippen LogP contribution in [0.2, 0.25) is 0 Å². The molecule has 0 aliphatic heterocycles. The smallest absolute Gasteiger partial charge is 0.191 e. The number of halogens is 3. The molecule has 0 heterocycles. The highest BCUT2D eigenvalue weighted by atomic mass is 127. The lowest BCUT2D eigenvalue weighted by Crippen LogP contribution is -2.42. The Hall–Kier alpha value is -1.74. The predicted molar refractivity (Wildman–Crippen MR) is 118 cm³/mol. The molecule has 148 valence electrons. The van der Waals surface area contributed by atoms with Crippen molar-refractivity contribution in [3.05, 3.63) is 71.3 Å². The summed E-state index contributed by atoms with van der Waals surface area (Å²) >= 11 is 0. The molecule has 2 rings (SSSR count). The molecule has 0 spiro atoms. The number of aliphatic imine (C=N–C) groups is 1. The van der Waals surface area contributed by atoms with E-state index < -0.39 is 0 Å². The molecule has 4 nitrogen and oxygen atoms in total. The number of hydrogen-bond acceptors (Lipinski definition) is 2. The van der Waals surface area contributed by atoms with E-state index in [4.69, 9.17) is 0 Å². The maximum atomic E-state index is 13.5. The van der Waals surface area contributed by atoms with Gasteiger partial charge in [0.15, 0.2) is 5.96 Å². The second kappa shape index (κ2) is 11.9. The minimum Gasteiger partial charge on any atom is -0.356 e. The Bertz CT molecular complexity index is 737. The molecule has 0 aliphatic carbocycles. The average molecular weight is 488 g/mol. The molecular formula is C20H27F2IN4. The van der Waals surface area contributed by atoms with E-state index >= 15 is 0 Å². The Balaban J connectivity index is 0.00000364. The summed E-state index contributed by atoms with van der Waals surface area (Å²) in [5.41, 5.74) is 1.83.